The lowest BCUT2D eigenvalue weighted by Gasteiger charge is -2.22. The van der Waals surface area contributed by atoms with Crippen molar-refractivity contribution >= 4 is 34.8 Å². The van der Waals surface area contributed by atoms with Crippen molar-refractivity contribution < 1.29 is 42.7 Å². The number of methoxy groups -OCH3 is 6. The zero-order valence-electron chi connectivity index (χ0n) is 26.1. The Morgan fingerprint density at radius 3 is 1.93 bits per heavy atom. The highest BCUT2D eigenvalue weighted by molar-refractivity contribution is 6.08. The Morgan fingerprint density at radius 2 is 1.40 bits per heavy atom. The van der Waals surface area contributed by atoms with Crippen LogP contribution in [0.15, 0.2) is 53.3 Å². The second kappa shape index (κ2) is 15.4. The standard InChI is InChI=1S/C32H36N2O10.ClH/c1-18(43-13-12-37-2)44-25-17-23-22(16-24(25)38-3)28(19-14-26(39-4)30(41-6)27(15-19)40-5)29(32(36)42-7)34(31(23)35)21-10-8-20(33)9-11-21;/h8-11,14-18H,12-13,33H2,1-7H3;1H. The van der Waals surface area contributed by atoms with Gasteiger partial charge >= 0.3 is 5.97 Å². The quantitative estimate of drug-likeness (QED) is 0.0923. The molecule has 0 radical (unpaired) electrons. The summed E-state index contributed by atoms with van der Waals surface area (Å²) < 4.78 is 45.7. The summed E-state index contributed by atoms with van der Waals surface area (Å²) in [5, 5.41) is 0.603. The van der Waals surface area contributed by atoms with Crippen molar-refractivity contribution in [3.63, 3.8) is 0 Å². The molecular weight excluding hydrogens is 608 g/mol. The van der Waals surface area contributed by atoms with Gasteiger partial charge in [-0.1, -0.05) is 0 Å². The van der Waals surface area contributed by atoms with Crippen molar-refractivity contribution in [3.05, 3.63) is 64.6 Å². The summed E-state index contributed by atoms with van der Waals surface area (Å²) in [6, 6.07) is 13.1. The van der Waals surface area contributed by atoms with Crippen molar-refractivity contribution in [1.82, 2.24) is 4.57 Å². The first-order valence-corrected chi connectivity index (χ1v) is 13.5. The number of nitrogen functional groups attached to an aromatic ring is 1. The number of aromatic nitrogens is 1. The third kappa shape index (κ3) is 7.03. The van der Waals surface area contributed by atoms with E-state index in [1.807, 2.05) is 0 Å². The van der Waals surface area contributed by atoms with Crippen molar-refractivity contribution in [2.24, 2.45) is 0 Å². The Balaban J connectivity index is 0.00000552. The maximum absolute atomic E-state index is 14.3. The predicted octanol–water partition coefficient (Wildman–Crippen LogP) is 4.87. The molecule has 0 aliphatic carbocycles. The monoisotopic (exact) mass is 644 g/mol. The van der Waals surface area contributed by atoms with Gasteiger partial charge in [-0.25, -0.2) is 4.79 Å². The molecule has 0 fully saturated rings. The lowest BCUT2D eigenvalue weighted by molar-refractivity contribution is -0.0803. The lowest BCUT2D eigenvalue weighted by atomic mass is 9.95. The van der Waals surface area contributed by atoms with Crippen LogP contribution in [0.25, 0.3) is 27.6 Å². The van der Waals surface area contributed by atoms with Crippen LogP contribution < -0.4 is 35.0 Å². The molecule has 242 valence electrons. The maximum Gasteiger partial charge on any atom is 0.355 e. The third-order valence-corrected chi connectivity index (χ3v) is 6.88. The lowest BCUT2D eigenvalue weighted by Crippen LogP contribution is -2.27. The molecular formula is C32H37ClN2O10. The highest BCUT2D eigenvalue weighted by atomic mass is 35.5. The molecule has 4 rings (SSSR count). The number of fused-ring (bicyclic) bond motifs is 1. The number of hydrogen-bond donors (Lipinski definition) is 1. The highest BCUT2D eigenvalue weighted by Gasteiger charge is 2.28. The van der Waals surface area contributed by atoms with E-state index in [4.69, 9.17) is 43.6 Å². The van der Waals surface area contributed by atoms with Gasteiger partial charge in [0.2, 0.25) is 5.75 Å². The van der Waals surface area contributed by atoms with Gasteiger partial charge in [0.25, 0.3) is 5.56 Å². The summed E-state index contributed by atoms with van der Waals surface area (Å²) in [6.45, 7) is 2.39. The number of pyridine rings is 1. The van der Waals surface area contributed by atoms with Crippen LogP contribution in [0.2, 0.25) is 0 Å². The molecule has 0 saturated heterocycles. The van der Waals surface area contributed by atoms with Crippen molar-refractivity contribution in [2.75, 3.05) is 61.6 Å². The zero-order valence-corrected chi connectivity index (χ0v) is 26.9. The average Bonchev–Trinajstić information content (AvgIpc) is 3.04. The Hall–Kier alpha value is -4.65. The van der Waals surface area contributed by atoms with Gasteiger partial charge in [0.05, 0.1) is 54.1 Å². The second-order valence-electron chi connectivity index (χ2n) is 9.46. The van der Waals surface area contributed by atoms with Gasteiger partial charge in [-0.15, -0.1) is 12.4 Å². The van der Waals surface area contributed by atoms with Crippen LogP contribution in [-0.2, 0) is 14.2 Å². The number of halogens is 1. The van der Waals surface area contributed by atoms with Crippen LogP contribution in [0.4, 0.5) is 5.69 Å². The first-order valence-electron chi connectivity index (χ1n) is 13.5. The number of ether oxygens (including phenoxy) is 8. The van der Waals surface area contributed by atoms with Crippen LogP contribution in [0.3, 0.4) is 0 Å². The molecule has 4 aromatic rings. The van der Waals surface area contributed by atoms with E-state index < -0.39 is 17.8 Å². The van der Waals surface area contributed by atoms with Crippen molar-refractivity contribution in [3.8, 4) is 45.6 Å². The largest absolute Gasteiger partial charge is 0.493 e. The molecule has 1 heterocycles. The van der Waals surface area contributed by atoms with Gasteiger partial charge in [0.1, 0.15) is 5.69 Å². The minimum absolute atomic E-state index is 0. The molecule has 45 heavy (non-hydrogen) atoms. The van der Waals surface area contributed by atoms with E-state index in [-0.39, 0.29) is 29.2 Å². The molecule has 1 aromatic heterocycles. The van der Waals surface area contributed by atoms with Gasteiger partial charge in [-0.2, -0.15) is 0 Å². The summed E-state index contributed by atoms with van der Waals surface area (Å²) in [5.41, 5.74) is 7.07. The third-order valence-electron chi connectivity index (χ3n) is 6.88. The van der Waals surface area contributed by atoms with Crippen LogP contribution in [0, 0.1) is 0 Å². The molecule has 1 atom stereocenters. The number of carbonyl (C=O) groups excluding carboxylic acids is 1. The summed E-state index contributed by atoms with van der Waals surface area (Å²) in [4.78, 5) is 28.0. The van der Waals surface area contributed by atoms with Crippen LogP contribution in [0.5, 0.6) is 28.7 Å². The summed E-state index contributed by atoms with van der Waals surface area (Å²) in [7, 11) is 8.74. The van der Waals surface area contributed by atoms with Crippen LogP contribution in [-0.4, -0.2) is 72.7 Å². The predicted molar refractivity (Wildman–Crippen MR) is 172 cm³/mol. The zero-order chi connectivity index (χ0) is 32.0. The van der Waals surface area contributed by atoms with Gasteiger partial charge in [-0.05, 0) is 61.0 Å². The normalized spacial score (nSPS) is 11.4. The van der Waals surface area contributed by atoms with Gasteiger partial charge in [-0.3, -0.25) is 9.36 Å². The summed E-state index contributed by atoms with van der Waals surface area (Å²) in [6.07, 6.45) is -0.695. The second-order valence-corrected chi connectivity index (χ2v) is 9.46. The van der Waals surface area contributed by atoms with E-state index in [0.717, 1.165) is 0 Å². The first kappa shape index (κ1) is 34.8. The maximum atomic E-state index is 14.3. The molecule has 0 aliphatic heterocycles. The smallest absolute Gasteiger partial charge is 0.355 e. The molecule has 13 heteroatoms. The number of benzene rings is 3. The first-order chi connectivity index (χ1) is 21.2. The number of esters is 1. The van der Waals surface area contributed by atoms with Crippen molar-refractivity contribution in [2.45, 2.75) is 13.2 Å². The SMILES string of the molecule is COCCOC(C)Oc1cc2c(=O)n(-c3ccc(N)cc3)c(C(=O)OC)c(-c3cc(OC)c(OC)c(OC)c3)c2cc1OC.Cl. The van der Waals surface area contributed by atoms with Gasteiger partial charge in [0, 0.05) is 29.4 Å². The number of nitrogens with zero attached hydrogens (tertiary/aromatic N) is 1. The Bertz CT molecular complexity index is 1680. The van der Waals surface area contributed by atoms with E-state index in [1.165, 1.54) is 40.1 Å². The number of carbonyl (C=O) groups is 1. The molecule has 0 amide bonds. The summed E-state index contributed by atoms with van der Waals surface area (Å²) >= 11 is 0. The fourth-order valence-corrected chi connectivity index (χ4v) is 4.84. The van der Waals surface area contributed by atoms with Gasteiger partial charge in [0.15, 0.2) is 29.3 Å². The minimum Gasteiger partial charge on any atom is -0.493 e. The average molecular weight is 645 g/mol. The number of rotatable bonds is 13. The summed E-state index contributed by atoms with van der Waals surface area (Å²) in [5.74, 6) is 0.825. The molecule has 3 aromatic carbocycles. The minimum atomic E-state index is -0.760. The van der Waals surface area contributed by atoms with E-state index in [0.29, 0.717) is 64.1 Å². The van der Waals surface area contributed by atoms with Gasteiger partial charge < -0.3 is 43.6 Å². The molecule has 0 saturated carbocycles. The molecule has 12 nitrogen and oxygen atoms in total. The number of hydrogen-bond acceptors (Lipinski definition) is 11. The highest BCUT2D eigenvalue weighted by Crippen LogP contribution is 2.45. The van der Waals surface area contributed by atoms with E-state index in [1.54, 1.807) is 62.6 Å². The molecule has 0 spiro atoms. The fraction of sp³-hybridized carbons (Fsp3) is 0.312. The molecule has 0 bridgehead atoms. The van der Waals surface area contributed by atoms with E-state index in [9.17, 15) is 9.59 Å². The van der Waals surface area contributed by atoms with Crippen LogP contribution in [0.1, 0.15) is 17.4 Å². The molecule has 0 aliphatic rings. The van der Waals surface area contributed by atoms with Crippen LogP contribution >= 0.6 is 12.4 Å². The van der Waals surface area contributed by atoms with E-state index >= 15 is 0 Å². The Morgan fingerprint density at radius 1 is 0.800 bits per heavy atom. The van der Waals surface area contributed by atoms with Crippen molar-refractivity contribution in [1.29, 1.82) is 0 Å². The van der Waals surface area contributed by atoms with E-state index in [2.05, 4.69) is 0 Å². The Kier molecular flexibility index (Phi) is 11.9. The number of nitrogens with two attached hydrogens (primary N) is 1. The molecule has 2 N–H and O–H groups in total. The molecule has 1 unspecified atom stereocenters. The topological polar surface area (TPSA) is 139 Å². The fourth-order valence-electron chi connectivity index (χ4n) is 4.84. The number of anilines is 1. The Labute approximate surface area is 266 Å².